The van der Waals surface area contributed by atoms with E-state index in [4.69, 9.17) is 5.73 Å². The topological polar surface area (TPSA) is 62.5 Å². The number of piperazine rings is 1. The fraction of sp³-hybridized carbons (Fsp3) is 0.571. The number of hydrogen-bond acceptors (Lipinski definition) is 5. The van der Waals surface area contributed by atoms with E-state index >= 15 is 0 Å². The van der Waals surface area contributed by atoms with Crippen molar-refractivity contribution in [2.24, 2.45) is 5.92 Å². The van der Waals surface area contributed by atoms with Gasteiger partial charge in [0.25, 0.3) is 0 Å². The summed E-state index contributed by atoms with van der Waals surface area (Å²) in [5.74, 6) is 3.28. The molecule has 20 heavy (non-hydrogen) atoms. The van der Waals surface area contributed by atoms with Crippen molar-refractivity contribution in [3.8, 4) is 0 Å². The molecule has 2 fully saturated rings. The van der Waals surface area contributed by atoms with Gasteiger partial charge >= 0.3 is 0 Å². The lowest BCUT2D eigenvalue weighted by Crippen LogP contribution is -2.50. The average molecular weight is 292 g/mol. The maximum atomic E-state index is 12.4. The van der Waals surface area contributed by atoms with Crippen LogP contribution in [-0.2, 0) is 4.79 Å². The van der Waals surface area contributed by atoms with E-state index in [1.165, 1.54) is 0 Å². The maximum Gasteiger partial charge on any atom is 0.226 e. The van der Waals surface area contributed by atoms with E-state index in [0.717, 1.165) is 49.8 Å². The van der Waals surface area contributed by atoms with E-state index in [1.807, 2.05) is 28.8 Å². The minimum absolute atomic E-state index is 0.254. The Morgan fingerprint density at radius 1 is 1.30 bits per heavy atom. The standard InChI is InChI=1S/C14H20N4OS/c15-13-2-1-12(9-16-13)17-4-6-18(7-5-17)14(19)11-3-8-20-10-11/h1-2,9,11H,3-8,10H2,(H2,15,16). The molecule has 0 spiro atoms. The zero-order chi connectivity index (χ0) is 13.9. The number of pyridine rings is 1. The number of nitrogen functional groups attached to an aromatic ring is 1. The van der Waals surface area contributed by atoms with Crippen LogP contribution in [0.1, 0.15) is 6.42 Å². The molecule has 1 aromatic heterocycles. The number of carbonyl (C=O) groups is 1. The van der Waals surface area contributed by atoms with Crippen molar-refractivity contribution < 1.29 is 4.79 Å². The largest absolute Gasteiger partial charge is 0.384 e. The van der Waals surface area contributed by atoms with Gasteiger partial charge in [0.05, 0.1) is 11.9 Å². The van der Waals surface area contributed by atoms with Gasteiger partial charge in [-0.3, -0.25) is 4.79 Å². The molecule has 5 nitrogen and oxygen atoms in total. The van der Waals surface area contributed by atoms with Crippen molar-refractivity contribution in [1.82, 2.24) is 9.88 Å². The van der Waals surface area contributed by atoms with E-state index in [-0.39, 0.29) is 5.92 Å². The summed E-state index contributed by atoms with van der Waals surface area (Å²) in [6.45, 7) is 3.36. The number of aromatic nitrogens is 1. The predicted molar refractivity (Wildman–Crippen MR) is 82.9 cm³/mol. The Labute approximate surface area is 123 Å². The normalized spacial score (nSPS) is 23.1. The Hall–Kier alpha value is -1.43. The minimum atomic E-state index is 0.254. The Morgan fingerprint density at radius 2 is 2.10 bits per heavy atom. The lowest BCUT2D eigenvalue weighted by molar-refractivity contribution is -0.135. The summed E-state index contributed by atoms with van der Waals surface area (Å²) in [4.78, 5) is 20.8. The first-order chi connectivity index (χ1) is 9.74. The van der Waals surface area contributed by atoms with Crippen LogP contribution < -0.4 is 10.6 Å². The van der Waals surface area contributed by atoms with Crippen LogP contribution in [-0.4, -0.2) is 53.5 Å². The Balaban J connectivity index is 1.56. The van der Waals surface area contributed by atoms with E-state index in [2.05, 4.69) is 9.88 Å². The predicted octanol–water partition coefficient (Wildman–Crippen LogP) is 1.07. The second kappa shape index (κ2) is 5.91. The highest BCUT2D eigenvalue weighted by atomic mass is 32.2. The lowest BCUT2D eigenvalue weighted by Gasteiger charge is -2.37. The van der Waals surface area contributed by atoms with Gasteiger partial charge in [-0.25, -0.2) is 4.98 Å². The molecule has 2 saturated heterocycles. The molecule has 0 aromatic carbocycles. The third-order valence-electron chi connectivity index (χ3n) is 4.01. The summed E-state index contributed by atoms with van der Waals surface area (Å²) < 4.78 is 0. The summed E-state index contributed by atoms with van der Waals surface area (Å²) in [6, 6.07) is 3.82. The molecular weight excluding hydrogens is 272 g/mol. The number of carbonyl (C=O) groups excluding carboxylic acids is 1. The first-order valence-electron chi connectivity index (χ1n) is 7.07. The highest BCUT2D eigenvalue weighted by Gasteiger charge is 2.29. The first kappa shape index (κ1) is 13.5. The minimum Gasteiger partial charge on any atom is -0.384 e. The Bertz CT molecular complexity index is 465. The SMILES string of the molecule is Nc1ccc(N2CCN(C(=O)C3CCSC3)CC2)cn1. The van der Waals surface area contributed by atoms with Crippen LogP contribution in [0.5, 0.6) is 0 Å². The molecule has 0 aliphatic carbocycles. The van der Waals surface area contributed by atoms with Gasteiger partial charge < -0.3 is 15.5 Å². The number of anilines is 2. The molecule has 1 unspecified atom stereocenters. The van der Waals surface area contributed by atoms with Crippen LogP contribution in [0.25, 0.3) is 0 Å². The van der Waals surface area contributed by atoms with Crippen LogP contribution in [0.2, 0.25) is 0 Å². The van der Waals surface area contributed by atoms with Gasteiger partial charge in [-0.05, 0) is 24.3 Å². The molecule has 3 heterocycles. The number of nitrogens with two attached hydrogens (primary N) is 1. The van der Waals surface area contributed by atoms with Gasteiger partial charge in [-0.15, -0.1) is 0 Å². The molecule has 2 aliphatic rings. The van der Waals surface area contributed by atoms with Gasteiger partial charge in [0, 0.05) is 37.8 Å². The van der Waals surface area contributed by atoms with Gasteiger partial charge in [-0.2, -0.15) is 11.8 Å². The van der Waals surface area contributed by atoms with Gasteiger partial charge in [0.15, 0.2) is 0 Å². The number of rotatable bonds is 2. The smallest absolute Gasteiger partial charge is 0.226 e. The quantitative estimate of drug-likeness (QED) is 0.883. The second-order valence-corrected chi connectivity index (χ2v) is 6.46. The molecule has 1 aromatic rings. The summed E-state index contributed by atoms with van der Waals surface area (Å²) in [5, 5.41) is 0. The fourth-order valence-electron chi connectivity index (χ4n) is 2.76. The molecule has 1 atom stereocenters. The zero-order valence-corrected chi connectivity index (χ0v) is 12.3. The first-order valence-corrected chi connectivity index (χ1v) is 8.22. The molecule has 0 bridgehead atoms. The van der Waals surface area contributed by atoms with E-state index in [1.54, 1.807) is 6.20 Å². The Kier molecular flexibility index (Phi) is 4.00. The van der Waals surface area contributed by atoms with Crippen LogP contribution in [0.4, 0.5) is 11.5 Å². The molecule has 1 amide bonds. The van der Waals surface area contributed by atoms with Crippen molar-refractivity contribution in [3.05, 3.63) is 18.3 Å². The van der Waals surface area contributed by atoms with Crippen LogP contribution in [0.3, 0.4) is 0 Å². The molecule has 108 valence electrons. The van der Waals surface area contributed by atoms with E-state index in [0.29, 0.717) is 11.7 Å². The average Bonchev–Trinajstić information content (AvgIpc) is 3.02. The summed E-state index contributed by atoms with van der Waals surface area (Å²) in [6.07, 6.45) is 2.85. The number of thioether (sulfide) groups is 1. The van der Waals surface area contributed by atoms with Crippen LogP contribution in [0.15, 0.2) is 18.3 Å². The van der Waals surface area contributed by atoms with Crippen molar-refractivity contribution in [3.63, 3.8) is 0 Å². The molecular formula is C14H20N4OS. The van der Waals surface area contributed by atoms with Crippen molar-refractivity contribution in [1.29, 1.82) is 0 Å². The van der Waals surface area contributed by atoms with Crippen LogP contribution >= 0.6 is 11.8 Å². The van der Waals surface area contributed by atoms with Crippen LogP contribution in [0, 0.1) is 5.92 Å². The highest BCUT2D eigenvalue weighted by molar-refractivity contribution is 7.99. The third kappa shape index (κ3) is 2.85. The van der Waals surface area contributed by atoms with Gasteiger partial charge in [0.2, 0.25) is 5.91 Å². The van der Waals surface area contributed by atoms with Gasteiger partial charge in [-0.1, -0.05) is 0 Å². The molecule has 0 saturated carbocycles. The molecule has 3 rings (SSSR count). The van der Waals surface area contributed by atoms with E-state index < -0.39 is 0 Å². The Morgan fingerprint density at radius 3 is 2.70 bits per heavy atom. The zero-order valence-electron chi connectivity index (χ0n) is 11.5. The van der Waals surface area contributed by atoms with Crippen molar-refractivity contribution in [2.45, 2.75) is 6.42 Å². The monoisotopic (exact) mass is 292 g/mol. The molecule has 0 radical (unpaired) electrons. The summed E-state index contributed by atoms with van der Waals surface area (Å²) >= 11 is 1.90. The highest BCUT2D eigenvalue weighted by Crippen LogP contribution is 2.26. The number of amides is 1. The summed E-state index contributed by atoms with van der Waals surface area (Å²) in [7, 11) is 0. The molecule has 2 N–H and O–H groups in total. The van der Waals surface area contributed by atoms with Crippen molar-refractivity contribution >= 4 is 29.2 Å². The second-order valence-electron chi connectivity index (χ2n) is 5.31. The summed E-state index contributed by atoms with van der Waals surface area (Å²) in [5.41, 5.74) is 6.69. The lowest BCUT2D eigenvalue weighted by atomic mass is 10.1. The van der Waals surface area contributed by atoms with Gasteiger partial charge in [0.1, 0.15) is 5.82 Å². The van der Waals surface area contributed by atoms with E-state index in [9.17, 15) is 4.79 Å². The fourth-order valence-corrected chi connectivity index (χ4v) is 3.97. The molecule has 6 heteroatoms. The maximum absolute atomic E-state index is 12.4. The third-order valence-corrected chi connectivity index (χ3v) is 5.17. The number of nitrogens with zero attached hydrogens (tertiary/aromatic N) is 3. The van der Waals surface area contributed by atoms with Crippen molar-refractivity contribution in [2.75, 3.05) is 48.3 Å². The molecule has 2 aliphatic heterocycles. The number of hydrogen-bond donors (Lipinski definition) is 1.